The molecule has 22 heavy (non-hydrogen) atoms. The number of pyridine rings is 1. The van der Waals surface area contributed by atoms with E-state index >= 15 is 0 Å². The molecule has 2 heterocycles. The highest BCUT2D eigenvalue weighted by Crippen LogP contribution is 2.30. The zero-order valence-electron chi connectivity index (χ0n) is 11.0. The van der Waals surface area contributed by atoms with Gasteiger partial charge in [0.15, 0.2) is 10.8 Å². The Balaban J connectivity index is 1.87. The van der Waals surface area contributed by atoms with E-state index in [1.165, 1.54) is 22.2 Å². The van der Waals surface area contributed by atoms with E-state index in [1.54, 1.807) is 0 Å². The fourth-order valence-corrected chi connectivity index (χ4v) is 3.22. The van der Waals surface area contributed by atoms with Crippen LogP contribution in [0, 0.1) is 0 Å². The molecule has 3 aromatic rings. The number of aromatic nitrogens is 3. The Morgan fingerprint density at radius 3 is 2.68 bits per heavy atom. The first-order valence-electron chi connectivity index (χ1n) is 6.23. The highest BCUT2D eigenvalue weighted by molar-refractivity contribution is 9.10. The summed E-state index contributed by atoms with van der Waals surface area (Å²) in [5.41, 5.74) is 0.719. The molecule has 0 atom stereocenters. The largest absolute Gasteiger partial charge is 0.417 e. The van der Waals surface area contributed by atoms with Gasteiger partial charge in [0.25, 0.3) is 0 Å². The number of hydrogen-bond acceptors (Lipinski definition) is 3. The molecule has 0 unspecified atom stereocenters. The van der Waals surface area contributed by atoms with Crippen molar-refractivity contribution in [3.63, 3.8) is 0 Å². The summed E-state index contributed by atoms with van der Waals surface area (Å²) in [7, 11) is 0. The predicted molar refractivity (Wildman–Crippen MR) is 81.7 cm³/mol. The van der Waals surface area contributed by atoms with Crippen molar-refractivity contribution in [2.45, 2.75) is 17.1 Å². The van der Waals surface area contributed by atoms with Crippen LogP contribution in [0.5, 0.6) is 0 Å². The molecule has 0 spiro atoms. The van der Waals surface area contributed by atoms with Crippen LogP contribution in [0.25, 0.3) is 5.65 Å². The molecule has 0 fully saturated rings. The monoisotopic (exact) mass is 387 g/mol. The summed E-state index contributed by atoms with van der Waals surface area (Å²) in [6, 6.07) is 10.0. The van der Waals surface area contributed by atoms with Crippen molar-refractivity contribution in [3.05, 3.63) is 58.2 Å². The first-order chi connectivity index (χ1) is 10.4. The summed E-state index contributed by atoms with van der Waals surface area (Å²) in [6.45, 7) is 0. The van der Waals surface area contributed by atoms with Crippen molar-refractivity contribution >= 4 is 33.3 Å². The molecule has 0 N–H and O–H groups in total. The van der Waals surface area contributed by atoms with Crippen LogP contribution in [0.3, 0.4) is 0 Å². The van der Waals surface area contributed by atoms with Gasteiger partial charge in [-0.15, -0.1) is 10.2 Å². The van der Waals surface area contributed by atoms with Gasteiger partial charge in [-0.2, -0.15) is 13.2 Å². The van der Waals surface area contributed by atoms with E-state index in [0.29, 0.717) is 16.6 Å². The van der Waals surface area contributed by atoms with Crippen LogP contribution in [-0.4, -0.2) is 14.6 Å². The minimum atomic E-state index is -4.38. The molecule has 0 radical (unpaired) electrons. The van der Waals surface area contributed by atoms with Gasteiger partial charge < -0.3 is 0 Å². The lowest BCUT2D eigenvalue weighted by Gasteiger charge is -2.07. The number of benzene rings is 1. The normalized spacial score (nSPS) is 12.0. The Hall–Kier alpha value is -1.54. The molecular formula is C14H9BrF3N3S. The number of fused-ring (bicyclic) bond motifs is 1. The number of halogens is 4. The van der Waals surface area contributed by atoms with Crippen molar-refractivity contribution in [1.29, 1.82) is 0 Å². The van der Waals surface area contributed by atoms with Crippen LogP contribution in [0.2, 0.25) is 0 Å². The van der Waals surface area contributed by atoms with Gasteiger partial charge in [-0.1, -0.05) is 39.8 Å². The highest BCUT2D eigenvalue weighted by atomic mass is 79.9. The maximum Gasteiger partial charge on any atom is 0.417 e. The topological polar surface area (TPSA) is 30.2 Å². The van der Waals surface area contributed by atoms with E-state index < -0.39 is 11.7 Å². The number of nitrogens with zero attached hydrogens (tertiary/aromatic N) is 3. The maximum absolute atomic E-state index is 12.8. The van der Waals surface area contributed by atoms with E-state index in [1.807, 2.05) is 24.3 Å². The van der Waals surface area contributed by atoms with Crippen LogP contribution in [0.15, 0.2) is 52.2 Å². The van der Waals surface area contributed by atoms with E-state index in [4.69, 9.17) is 0 Å². The Bertz CT molecular complexity index is 816. The molecule has 0 bridgehead atoms. The molecule has 8 heteroatoms. The van der Waals surface area contributed by atoms with Crippen molar-refractivity contribution in [2.75, 3.05) is 0 Å². The molecule has 0 saturated carbocycles. The third-order valence-corrected chi connectivity index (χ3v) is 4.46. The van der Waals surface area contributed by atoms with E-state index in [0.717, 1.165) is 22.3 Å². The number of thioether (sulfide) groups is 1. The molecule has 114 valence electrons. The van der Waals surface area contributed by atoms with Crippen LogP contribution in [-0.2, 0) is 11.9 Å². The fourth-order valence-electron chi connectivity index (χ4n) is 1.91. The van der Waals surface area contributed by atoms with Gasteiger partial charge in [-0.3, -0.25) is 4.40 Å². The molecule has 0 amide bonds. The Labute approximate surface area is 136 Å². The number of rotatable bonds is 3. The second-order valence-electron chi connectivity index (χ2n) is 4.54. The second kappa shape index (κ2) is 5.92. The first-order valence-corrected chi connectivity index (χ1v) is 8.00. The maximum atomic E-state index is 12.8. The van der Waals surface area contributed by atoms with Crippen molar-refractivity contribution < 1.29 is 13.2 Å². The van der Waals surface area contributed by atoms with Crippen LogP contribution < -0.4 is 0 Å². The Morgan fingerprint density at radius 2 is 1.95 bits per heavy atom. The summed E-state index contributed by atoms with van der Waals surface area (Å²) in [5.74, 6) is 0.594. The minimum Gasteiger partial charge on any atom is -0.277 e. The van der Waals surface area contributed by atoms with Crippen molar-refractivity contribution in [1.82, 2.24) is 14.6 Å². The van der Waals surface area contributed by atoms with E-state index in [9.17, 15) is 13.2 Å². The van der Waals surface area contributed by atoms with Gasteiger partial charge in [0.2, 0.25) is 0 Å². The van der Waals surface area contributed by atoms with Gasteiger partial charge in [0, 0.05) is 16.4 Å². The summed E-state index contributed by atoms with van der Waals surface area (Å²) < 4.78 is 40.7. The molecule has 0 aliphatic rings. The average Bonchev–Trinajstić information content (AvgIpc) is 2.86. The van der Waals surface area contributed by atoms with Gasteiger partial charge in [-0.25, -0.2) is 0 Å². The summed E-state index contributed by atoms with van der Waals surface area (Å²) in [5, 5.41) is 8.27. The smallest absolute Gasteiger partial charge is 0.277 e. The zero-order valence-corrected chi connectivity index (χ0v) is 13.4. The number of hydrogen-bond donors (Lipinski definition) is 0. The van der Waals surface area contributed by atoms with Crippen LogP contribution in [0.1, 0.15) is 11.1 Å². The standard InChI is InChI=1S/C14H9BrF3N3S/c15-11-3-1-2-9(6-11)8-22-13-20-19-12-5-4-10(7-21(12)13)14(16,17)18/h1-7H,8H2. The number of alkyl halides is 3. The summed E-state index contributed by atoms with van der Waals surface area (Å²) in [4.78, 5) is 0. The third-order valence-electron chi connectivity index (χ3n) is 2.96. The zero-order chi connectivity index (χ0) is 15.7. The lowest BCUT2D eigenvalue weighted by molar-refractivity contribution is -0.137. The molecule has 0 aliphatic carbocycles. The Kier molecular flexibility index (Phi) is 4.14. The quantitative estimate of drug-likeness (QED) is 0.604. The van der Waals surface area contributed by atoms with Crippen molar-refractivity contribution in [2.24, 2.45) is 0 Å². The third kappa shape index (κ3) is 3.27. The van der Waals surface area contributed by atoms with Gasteiger partial charge in [0.1, 0.15) is 0 Å². The van der Waals surface area contributed by atoms with Gasteiger partial charge >= 0.3 is 6.18 Å². The van der Waals surface area contributed by atoms with E-state index in [2.05, 4.69) is 26.1 Å². The average molecular weight is 388 g/mol. The molecule has 2 aromatic heterocycles. The molecular weight excluding hydrogens is 379 g/mol. The molecule has 3 nitrogen and oxygen atoms in total. The van der Waals surface area contributed by atoms with Crippen LogP contribution >= 0.6 is 27.7 Å². The lowest BCUT2D eigenvalue weighted by atomic mass is 10.2. The molecule has 0 saturated heterocycles. The lowest BCUT2D eigenvalue weighted by Crippen LogP contribution is -2.06. The SMILES string of the molecule is FC(F)(F)c1ccc2nnc(SCc3cccc(Br)c3)n2c1. The molecule has 3 rings (SSSR count). The highest BCUT2D eigenvalue weighted by Gasteiger charge is 2.31. The van der Waals surface area contributed by atoms with Gasteiger partial charge in [0.05, 0.1) is 5.56 Å². The van der Waals surface area contributed by atoms with Crippen LogP contribution in [0.4, 0.5) is 13.2 Å². The van der Waals surface area contributed by atoms with Crippen molar-refractivity contribution in [3.8, 4) is 0 Å². The Morgan fingerprint density at radius 1 is 1.14 bits per heavy atom. The predicted octanol–water partition coefficient (Wildman–Crippen LogP) is 4.80. The molecule has 1 aromatic carbocycles. The van der Waals surface area contributed by atoms with E-state index in [-0.39, 0.29) is 0 Å². The summed E-state index contributed by atoms with van der Waals surface area (Å²) >= 11 is 4.72. The first kappa shape index (κ1) is 15.4. The fraction of sp³-hybridized carbons (Fsp3) is 0.143. The minimum absolute atomic E-state index is 0.393. The summed E-state index contributed by atoms with van der Waals surface area (Å²) in [6.07, 6.45) is -3.36. The second-order valence-corrected chi connectivity index (χ2v) is 6.40. The molecule has 0 aliphatic heterocycles. The van der Waals surface area contributed by atoms with Gasteiger partial charge in [-0.05, 0) is 29.8 Å².